The number of carbonyl (C=O) groups is 2. The van der Waals surface area contributed by atoms with E-state index < -0.39 is 29.1 Å². The van der Waals surface area contributed by atoms with Crippen molar-refractivity contribution in [2.75, 3.05) is 6.61 Å². The summed E-state index contributed by atoms with van der Waals surface area (Å²) in [5, 5.41) is 13.8. The lowest BCUT2D eigenvalue weighted by molar-refractivity contribution is -0.385. The van der Waals surface area contributed by atoms with Crippen molar-refractivity contribution in [3.8, 4) is 0 Å². The smallest absolute Gasteiger partial charge is 0.345 e. The lowest BCUT2D eigenvalue weighted by Gasteiger charge is -2.14. The summed E-state index contributed by atoms with van der Waals surface area (Å²) in [5.41, 5.74) is 0.154. The summed E-state index contributed by atoms with van der Waals surface area (Å²) >= 11 is 5.76. The highest BCUT2D eigenvalue weighted by atomic mass is 35.5. The maximum Gasteiger partial charge on any atom is 0.345 e. The van der Waals surface area contributed by atoms with Crippen LogP contribution in [0.1, 0.15) is 28.9 Å². The molecule has 2 rings (SSSR count). The van der Waals surface area contributed by atoms with E-state index in [0.29, 0.717) is 0 Å². The Kier molecular flexibility index (Phi) is 6.08. The molecule has 2 aromatic rings. The highest BCUT2D eigenvalue weighted by Crippen LogP contribution is 2.23. The number of amides is 1. The van der Waals surface area contributed by atoms with Crippen LogP contribution in [0.3, 0.4) is 0 Å². The molecule has 0 aliphatic heterocycles. The van der Waals surface area contributed by atoms with Crippen molar-refractivity contribution in [3.05, 3.63) is 74.8 Å². The maximum absolute atomic E-state index is 12.0. The first-order valence-corrected chi connectivity index (χ1v) is 7.71. The van der Waals surface area contributed by atoms with Crippen molar-refractivity contribution in [2.24, 2.45) is 0 Å². The molecule has 1 amide bonds. The van der Waals surface area contributed by atoms with E-state index in [0.717, 1.165) is 17.7 Å². The van der Waals surface area contributed by atoms with Gasteiger partial charge in [-0.25, -0.2) is 4.79 Å². The Morgan fingerprint density at radius 2 is 1.92 bits per heavy atom. The van der Waals surface area contributed by atoms with Gasteiger partial charge in [0.05, 0.1) is 11.0 Å². The fourth-order valence-corrected chi connectivity index (χ4v) is 2.32. The van der Waals surface area contributed by atoms with Gasteiger partial charge in [0.2, 0.25) is 0 Å². The predicted octanol–water partition coefficient (Wildman–Crippen LogP) is 3.28. The Balaban J connectivity index is 1.97. The number of hydrogen-bond donors (Lipinski definition) is 1. The zero-order chi connectivity index (χ0) is 18.4. The van der Waals surface area contributed by atoms with Crippen molar-refractivity contribution in [2.45, 2.75) is 13.0 Å². The quantitative estimate of drug-likeness (QED) is 0.483. The average molecular weight is 363 g/mol. The molecule has 130 valence electrons. The van der Waals surface area contributed by atoms with Crippen LogP contribution in [-0.4, -0.2) is 23.4 Å². The Morgan fingerprint density at radius 1 is 1.24 bits per heavy atom. The molecular formula is C17H15ClN2O5. The van der Waals surface area contributed by atoms with E-state index in [-0.39, 0.29) is 16.6 Å². The van der Waals surface area contributed by atoms with E-state index in [1.807, 2.05) is 30.3 Å². The van der Waals surface area contributed by atoms with Crippen LogP contribution in [0.4, 0.5) is 5.69 Å². The minimum Gasteiger partial charge on any atom is -0.452 e. The Bertz CT molecular complexity index is 795. The second-order valence-electron chi connectivity index (χ2n) is 5.19. The van der Waals surface area contributed by atoms with Gasteiger partial charge in [0.25, 0.3) is 11.6 Å². The van der Waals surface area contributed by atoms with E-state index in [9.17, 15) is 19.7 Å². The molecule has 0 saturated heterocycles. The molecule has 0 aliphatic rings. The fraction of sp³-hybridized carbons (Fsp3) is 0.176. The molecule has 7 nitrogen and oxygen atoms in total. The third-order valence-corrected chi connectivity index (χ3v) is 3.62. The molecule has 0 aromatic heterocycles. The molecule has 25 heavy (non-hydrogen) atoms. The summed E-state index contributed by atoms with van der Waals surface area (Å²) in [5.74, 6) is -1.51. The summed E-state index contributed by atoms with van der Waals surface area (Å²) < 4.78 is 4.86. The van der Waals surface area contributed by atoms with Crippen molar-refractivity contribution >= 4 is 29.2 Å². The molecule has 0 unspecified atom stereocenters. The summed E-state index contributed by atoms with van der Waals surface area (Å²) in [6.07, 6.45) is 0. The van der Waals surface area contributed by atoms with Gasteiger partial charge in [0.1, 0.15) is 5.56 Å². The topological polar surface area (TPSA) is 98.5 Å². The van der Waals surface area contributed by atoms with Crippen molar-refractivity contribution in [3.63, 3.8) is 0 Å². The van der Waals surface area contributed by atoms with Gasteiger partial charge in [-0.2, -0.15) is 0 Å². The van der Waals surface area contributed by atoms with Gasteiger partial charge in [-0.15, -0.1) is 0 Å². The molecular weight excluding hydrogens is 348 g/mol. The molecule has 0 heterocycles. The van der Waals surface area contributed by atoms with Crippen LogP contribution in [0.25, 0.3) is 0 Å². The first kappa shape index (κ1) is 18.4. The number of carbonyl (C=O) groups excluding carboxylic acids is 2. The monoisotopic (exact) mass is 362 g/mol. The number of rotatable bonds is 6. The standard InChI is InChI=1S/C17H15ClN2O5/c1-11(12-5-3-2-4-6-12)19-16(21)10-25-17(22)14-9-13(18)7-8-15(14)20(23)24/h2-9,11H,10H2,1H3,(H,19,21)/t11-/m1/s1. The van der Waals surface area contributed by atoms with Crippen LogP contribution in [0.15, 0.2) is 48.5 Å². The lowest BCUT2D eigenvalue weighted by atomic mass is 10.1. The second-order valence-corrected chi connectivity index (χ2v) is 5.63. The highest BCUT2D eigenvalue weighted by Gasteiger charge is 2.22. The average Bonchev–Trinajstić information content (AvgIpc) is 2.60. The van der Waals surface area contributed by atoms with E-state index >= 15 is 0 Å². The van der Waals surface area contributed by atoms with Crippen molar-refractivity contribution < 1.29 is 19.2 Å². The van der Waals surface area contributed by atoms with Gasteiger partial charge in [-0.1, -0.05) is 41.9 Å². The third kappa shape index (κ3) is 5.02. The molecule has 2 aromatic carbocycles. The normalized spacial score (nSPS) is 11.4. The maximum atomic E-state index is 12.0. The van der Waals surface area contributed by atoms with Crippen LogP contribution < -0.4 is 5.32 Å². The number of benzene rings is 2. The number of ether oxygens (including phenoxy) is 1. The number of esters is 1. The number of nitro benzene ring substituents is 1. The largest absolute Gasteiger partial charge is 0.452 e. The summed E-state index contributed by atoms with van der Waals surface area (Å²) in [6, 6.07) is 12.5. The fourth-order valence-electron chi connectivity index (χ4n) is 2.15. The van der Waals surface area contributed by atoms with Gasteiger partial charge in [0, 0.05) is 11.1 Å². The Hall–Kier alpha value is -2.93. The predicted molar refractivity (Wildman–Crippen MR) is 91.4 cm³/mol. The van der Waals surface area contributed by atoms with Crippen LogP contribution in [0.5, 0.6) is 0 Å². The zero-order valence-corrected chi connectivity index (χ0v) is 14.0. The minimum absolute atomic E-state index is 0.153. The molecule has 1 atom stereocenters. The summed E-state index contributed by atoms with van der Waals surface area (Å²) in [7, 11) is 0. The molecule has 0 bridgehead atoms. The molecule has 0 radical (unpaired) electrons. The molecule has 8 heteroatoms. The molecule has 0 saturated carbocycles. The van der Waals surface area contributed by atoms with Crippen molar-refractivity contribution in [1.82, 2.24) is 5.32 Å². The summed E-state index contributed by atoms with van der Waals surface area (Å²) in [4.78, 5) is 34.2. The number of halogens is 1. The van der Waals surface area contributed by atoms with Crippen LogP contribution >= 0.6 is 11.6 Å². The first-order chi connectivity index (χ1) is 11.9. The molecule has 0 aliphatic carbocycles. The van der Waals surface area contributed by atoms with E-state index in [1.54, 1.807) is 6.92 Å². The lowest BCUT2D eigenvalue weighted by Crippen LogP contribution is -2.31. The van der Waals surface area contributed by atoms with E-state index in [2.05, 4.69) is 5.32 Å². The minimum atomic E-state index is -0.989. The number of nitro groups is 1. The molecule has 0 fully saturated rings. The zero-order valence-electron chi connectivity index (χ0n) is 13.3. The highest BCUT2D eigenvalue weighted by molar-refractivity contribution is 6.31. The van der Waals surface area contributed by atoms with Gasteiger partial charge in [-0.05, 0) is 24.6 Å². The Morgan fingerprint density at radius 3 is 2.56 bits per heavy atom. The van der Waals surface area contributed by atoms with Gasteiger partial charge >= 0.3 is 5.97 Å². The van der Waals surface area contributed by atoms with Gasteiger partial charge in [-0.3, -0.25) is 14.9 Å². The molecule has 0 spiro atoms. The van der Waals surface area contributed by atoms with E-state index in [4.69, 9.17) is 16.3 Å². The second kappa shape index (κ2) is 8.25. The summed E-state index contributed by atoms with van der Waals surface area (Å²) in [6.45, 7) is 1.23. The van der Waals surface area contributed by atoms with Crippen LogP contribution in [0.2, 0.25) is 5.02 Å². The molecule has 1 N–H and O–H groups in total. The SMILES string of the molecule is C[C@@H](NC(=O)COC(=O)c1cc(Cl)ccc1[N+](=O)[O-])c1ccccc1. The number of hydrogen-bond acceptors (Lipinski definition) is 5. The van der Waals surface area contributed by atoms with Crippen molar-refractivity contribution in [1.29, 1.82) is 0 Å². The van der Waals surface area contributed by atoms with Crippen LogP contribution in [0, 0.1) is 10.1 Å². The Labute approximate surface area is 148 Å². The number of nitrogens with zero attached hydrogens (tertiary/aromatic N) is 1. The van der Waals surface area contributed by atoms with E-state index in [1.165, 1.54) is 6.07 Å². The van der Waals surface area contributed by atoms with Gasteiger partial charge in [0.15, 0.2) is 6.61 Å². The first-order valence-electron chi connectivity index (χ1n) is 7.34. The van der Waals surface area contributed by atoms with Crippen LogP contribution in [-0.2, 0) is 9.53 Å². The number of nitrogens with one attached hydrogen (secondary N) is 1. The third-order valence-electron chi connectivity index (χ3n) is 3.39. The van der Waals surface area contributed by atoms with Gasteiger partial charge < -0.3 is 10.1 Å².